The summed E-state index contributed by atoms with van der Waals surface area (Å²) < 4.78 is 31.7. The summed E-state index contributed by atoms with van der Waals surface area (Å²) in [6.45, 7) is 3.41. The van der Waals surface area contributed by atoms with Gasteiger partial charge in [-0.15, -0.1) is 0 Å². The standard InChI is InChI=1S/C10H17N3O3S/c1-8-6-12-10(16-8)7-13-17(14,15)9-2-4-11-5-3-9/h6,9,11,13H,2-5,7H2,1H3. The summed E-state index contributed by atoms with van der Waals surface area (Å²) >= 11 is 0. The molecule has 0 aromatic carbocycles. The number of sulfonamides is 1. The molecule has 17 heavy (non-hydrogen) atoms. The SMILES string of the molecule is Cc1cnc(CNS(=O)(=O)C2CCNCC2)o1. The number of oxazole rings is 1. The van der Waals surface area contributed by atoms with Crippen LogP contribution >= 0.6 is 0 Å². The molecule has 0 bridgehead atoms. The third-order valence-electron chi connectivity index (χ3n) is 2.82. The molecule has 96 valence electrons. The van der Waals surface area contributed by atoms with E-state index in [0.717, 1.165) is 13.1 Å². The summed E-state index contributed by atoms with van der Waals surface area (Å²) in [7, 11) is -3.26. The van der Waals surface area contributed by atoms with Crippen LogP contribution in [0.25, 0.3) is 0 Å². The average molecular weight is 259 g/mol. The van der Waals surface area contributed by atoms with E-state index in [9.17, 15) is 8.42 Å². The van der Waals surface area contributed by atoms with E-state index in [0.29, 0.717) is 24.5 Å². The van der Waals surface area contributed by atoms with Gasteiger partial charge >= 0.3 is 0 Å². The molecular weight excluding hydrogens is 242 g/mol. The van der Waals surface area contributed by atoms with Crippen molar-refractivity contribution in [3.05, 3.63) is 17.8 Å². The van der Waals surface area contributed by atoms with Gasteiger partial charge in [-0.1, -0.05) is 0 Å². The maximum atomic E-state index is 12.0. The Morgan fingerprint density at radius 1 is 1.53 bits per heavy atom. The number of nitrogens with zero attached hydrogens (tertiary/aromatic N) is 1. The van der Waals surface area contributed by atoms with Crippen molar-refractivity contribution in [2.45, 2.75) is 31.6 Å². The van der Waals surface area contributed by atoms with Gasteiger partial charge in [0, 0.05) is 0 Å². The van der Waals surface area contributed by atoms with Gasteiger partial charge in [-0.25, -0.2) is 18.1 Å². The molecule has 1 aliphatic rings. The molecule has 1 fully saturated rings. The highest BCUT2D eigenvalue weighted by molar-refractivity contribution is 7.90. The van der Waals surface area contributed by atoms with Crippen LogP contribution in [-0.4, -0.2) is 31.7 Å². The predicted octanol–water partition coefficient (Wildman–Crippen LogP) is 0.154. The van der Waals surface area contributed by atoms with Gasteiger partial charge in [-0.3, -0.25) is 0 Å². The van der Waals surface area contributed by atoms with Crippen molar-refractivity contribution in [2.75, 3.05) is 13.1 Å². The fraction of sp³-hybridized carbons (Fsp3) is 0.700. The number of rotatable bonds is 4. The van der Waals surface area contributed by atoms with Gasteiger partial charge in [0.05, 0.1) is 18.0 Å². The van der Waals surface area contributed by atoms with E-state index in [1.807, 2.05) is 0 Å². The minimum absolute atomic E-state index is 0.125. The monoisotopic (exact) mass is 259 g/mol. The smallest absolute Gasteiger partial charge is 0.215 e. The molecule has 0 unspecified atom stereocenters. The molecule has 0 atom stereocenters. The fourth-order valence-corrected chi connectivity index (χ4v) is 3.29. The molecule has 0 aliphatic carbocycles. The zero-order valence-corrected chi connectivity index (χ0v) is 10.6. The van der Waals surface area contributed by atoms with E-state index in [-0.39, 0.29) is 11.8 Å². The minimum Gasteiger partial charge on any atom is -0.445 e. The molecule has 0 saturated carbocycles. The van der Waals surface area contributed by atoms with Crippen LogP contribution in [-0.2, 0) is 16.6 Å². The summed E-state index contributed by atoms with van der Waals surface area (Å²) in [5.74, 6) is 1.08. The lowest BCUT2D eigenvalue weighted by Crippen LogP contribution is -2.41. The van der Waals surface area contributed by atoms with Crippen molar-refractivity contribution < 1.29 is 12.8 Å². The normalized spacial score (nSPS) is 18.4. The van der Waals surface area contributed by atoms with E-state index in [1.54, 1.807) is 13.1 Å². The number of aromatic nitrogens is 1. The van der Waals surface area contributed by atoms with Crippen molar-refractivity contribution in [2.24, 2.45) is 0 Å². The van der Waals surface area contributed by atoms with Crippen molar-refractivity contribution in [1.82, 2.24) is 15.0 Å². The molecule has 1 aromatic rings. The van der Waals surface area contributed by atoms with Crippen LogP contribution in [0.3, 0.4) is 0 Å². The second kappa shape index (κ2) is 5.16. The highest BCUT2D eigenvalue weighted by Gasteiger charge is 2.26. The van der Waals surface area contributed by atoms with Gasteiger partial charge in [0.2, 0.25) is 15.9 Å². The Morgan fingerprint density at radius 3 is 2.82 bits per heavy atom. The summed E-state index contributed by atoms with van der Waals surface area (Å²) in [6.07, 6.45) is 2.88. The van der Waals surface area contributed by atoms with Gasteiger partial charge in [-0.2, -0.15) is 0 Å². The number of hydrogen-bond acceptors (Lipinski definition) is 5. The van der Waals surface area contributed by atoms with Crippen LogP contribution in [0, 0.1) is 6.92 Å². The molecule has 7 heteroatoms. The van der Waals surface area contributed by atoms with Gasteiger partial charge in [0.25, 0.3) is 0 Å². The Labute approximate surface area is 101 Å². The number of hydrogen-bond donors (Lipinski definition) is 2. The third kappa shape index (κ3) is 3.27. The molecule has 6 nitrogen and oxygen atoms in total. The average Bonchev–Trinajstić information content (AvgIpc) is 2.74. The lowest BCUT2D eigenvalue weighted by molar-refractivity contribution is 0.456. The van der Waals surface area contributed by atoms with Crippen LogP contribution in [0.1, 0.15) is 24.5 Å². The second-order valence-corrected chi connectivity index (χ2v) is 6.23. The first-order valence-electron chi connectivity index (χ1n) is 5.68. The van der Waals surface area contributed by atoms with E-state index >= 15 is 0 Å². The predicted molar refractivity (Wildman–Crippen MR) is 62.9 cm³/mol. The Morgan fingerprint density at radius 2 is 2.24 bits per heavy atom. The van der Waals surface area contributed by atoms with Crippen molar-refractivity contribution in [3.8, 4) is 0 Å². The zero-order chi connectivity index (χ0) is 12.3. The van der Waals surface area contributed by atoms with E-state index < -0.39 is 10.0 Å². The molecule has 0 spiro atoms. The molecule has 0 radical (unpaired) electrons. The Hall–Kier alpha value is -0.920. The van der Waals surface area contributed by atoms with Crippen molar-refractivity contribution in [1.29, 1.82) is 0 Å². The van der Waals surface area contributed by atoms with Crippen molar-refractivity contribution in [3.63, 3.8) is 0 Å². The molecule has 0 amide bonds. The van der Waals surface area contributed by atoms with Crippen LogP contribution in [0.15, 0.2) is 10.6 Å². The van der Waals surface area contributed by atoms with Crippen LogP contribution in [0.4, 0.5) is 0 Å². The lowest BCUT2D eigenvalue weighted by atomic mass is 10.2. The van der Waals surface area contributed by atoms with Crippen molar-refractivity contribution >= 4 is 10.0 Å². The number of piperidine rings is 1. The van der Waals surface area contributed by atoms with Crippen LogP contribution < -0.4 is 10.0 Å². The fourth-order valence-electron chi connectivity index (χ4n) is 1.87. The van der Waals surface area contributed by atoms with Gasteiger partial charge in [0.1, 0.15) is 5.76 Å². The van der Waals surface area contributed by atoms with Gasteiger partial charge in [0.15, 0.2) is 0 Å². The molecule has 2 N–H and O–H groups in total. The minimum atomic E-state index is -3.26. The summed E-state index contributed by atoms with van der Waals surface area (Å²) in [5.41, 5.74) is 0. The molecular formula is C10H17N3O3S. The molecule has 1 aromatic heterocycles. The third-order valence-corrected chi connectivity index (χ3v) is 4.71. The lowest BCUT2D eigenvalue weighted by Gasteiger charge is -2.22. The molecule has 1 saturated heterocycles. The zero-order valence-electron chi connectivity index (χ0n) is 9.77. The molecule has 2 rings (SSSR count). The topological polar surface area (TPSA) is 84.2 Å². The molecule has 2 heterocycles. The maximum Gasteiger partial charge on any atom is 0.215 e. The number of nitrogens with one attached hydrogen (secondary N) is 2. The summed E-state index contributed by atoms with van der Waals surface area (Å²) in [6, 6.07) is 0. The molecule has 1 aliphatic heterocycles. The first kappa shape index (κ1) is 12.5. The second-order valence-electron chi connectivity index (χ2n) is 4.18. The Kier molecular flexibility index (Phi) is 3.80. The highest BCUT2D eigenvalue weighted by atomic mass is 32.2. The van der Waals surface area contributed by atoms with Gasteiger partial charge in [-0.05, 0) is 32.9 Å². The van der Waals surface area contributed by atoms with Crippen LogP contribution in [0.2, 0.25) is 0 Å². The Balaban J connectivity index is 1.92. The van der Waals surface area contributed by atoms with E-state index in [4.69, 9.17) is 4.42 Å². The van der Waals surface area contributed by atoms with E-state index in [1.165, 1.54) is 0 Å². The van der Waals surface area contributed by atoms with Gasteiger partial charge < -0.3 is 9.73 Å². The summed E-state index contributed by atoms with van der Waals surface area (Å²) in [4.78, 5) is 3.96. The van der Waals surface area contributed by atoms with E-state index in [2.05, 4.69) is 15.0 Å². The highest BCUT2D eigenvalue weighted by Crippen LogP contribution is 2.12. The maximum absolute atomic E-state index is 12.0. The largest absolute Gasteiger partial charge is 0.445 e. The number of aryl methyl sites for hydroxylation is 1. The first-order valence-corrected chi connectivity index (χ1v) is 7.23. The van der Waals surface area contributed by atoms with Crippen LogP contribution in [0.5, 0.6) is 0 Å². The summed E-state index contributed by atoms with van der Waals surface area (Å²) in [5, 5.41) is 2.84. The quantitative estimate of drug-likeness (QED) is 0.804. The Bertz CT molecular complexity index is 463. The first-order chi connectivity index (χ1) is 8.08.